The third kappa shape index (κ3) is 3.31. The van der Waals surface area contributed by atoms with Crippen molar-refractivity contribution >= 4 is 23.6 Å². The number of piperazine rings is 1. The summed E-state index contributed by atoms with van der Waals surface area (Å²) in [6.07, 6.45) is 1.42. The first-order chi connectivity index (χ1) is 11.1. The molecule has 126 valence electrons. The van der Waals surface area contributed by atoms with E-state index in [2.05, 4.69) is 32.1 Å². The van der Waals surface area contributed by atoms with Crippen LogP contribution in [-0.2, 0) is 16.0 Å². The molecule has 1 fully saturated rings. The summed E-state index contributed by atoms with van der Waals surface area (Å²) in [4.78, 5) is 25.2. The molecule has 0 bridgehead atoms. The number of carbonyl (C=O) groups excluding carboxylic acids is 1. The Hall–Kier alpha value is -2.09. The topological polar surface area (TPSA) is 96.6 Å². The summed E-state index contributed by atoms with van der Waals surface area (Å²) < 4.78 is 5.09. The quantitative estimate of drug-likeness (QED) is 0.757. The molecule has 3 N–H and O–H groups in total. The van der Waals surface area contributed by atoms with E-state index in [1.165, 1.54) is 0 Å². The highest BCUT2D eigenvalue weighted by Crippen LogP contribution is 2.32. The zero-order valence-electron chi connectivity index (χ0n) is 13.7. The molecule has 2 aliphatic heterocycles. The largest absolute Gasteiger partial charge is 0.464 e. The predicted octanol–water partition coefficient (Wildman–Crippen LogP) is 0.100. The monoisotopic (exact) mass is 320 g/mol. The van der Waals surface area contributed by atoms with Crippen molar-refractivity contribution in [2.24, 2.45) is 0 Å². The van der Waals surface area contributed by atoms with Crippen molar-refractivity contribution in [3.05, 3.63) is 5.56 Å². The maximum Gasteiger partial charge on any atom is 0.328 e. The van der Waals surface area contributed by atoms with Crippen molar-refractivity contribution < 1.29 is 9.53 Å². The van der Waals surface area contributed by atoms with Crippen LogP contribution in [0.5, 0.6) is 0 Å². The molecule has 0 aliphatic carbocycles. The summed E-state index contributed by atoms with van der Waals surface area (Å²) >= 11 is 0. The second kappa shape index (κ2) is 6.57. The highest BCUT2D eigenvalue weighted by Gasteiger charge is 2.30. The van der Waals surface area contributed by atoms with Crippen molar-refractivity contribution in [1.29, 1.82) is 0 Å². The average Bonchev–Trinajstić information content (AvgIpc) is 2.54. The molecule has 8 nitrogen and oxygen atoms in total. The number of likely N-dealkylation sites (N-methyl/N-ethyl adjacent to an activating group) is 1. The van der Waals surface area contributed by atoms with E-state index in [9.17, 15) is 4.79 Å². The fraction of sp³-hybridized carbons (Fsp3) is 0.667. The lowest BCUT2D eigenvalue weighted by atomic mass is 10.0. The molecule has 1 atom stereocenters. The van der Waals surface area contributed by atoms with Crippen LogP contribution in [0.2, 0.25) is 0 Å². The minimum absolute atomic E-state index is 0.231. The van der Waals surface area contributed by atoms with E-state index in [0.717, 1.165) is 44.0 Å². The van der Waals surface area contributed by atoms with Gasteiger partial charge in [0, 0.05) is 31.7 Å². The highest BCUT2D eigenvalue weighted by atomic mass is 16.5. The van der Waals surface area contributed by atoms with Gasteiger partial charge in [-0.2, -0.15) is 9.97 Å². The summed E-state index contributed by atoms with van der Waals surface area (Å²) in [7, 11) is 2.12. The zero-order chi connectivity index (χ0) is 16.4. The Bertz CT molecular complexity index is 586. The summed E-state index contributed by atoms with van der Waals surface area (Å²) in [5.41, 5.74) is 6.93. The van der Waals surface area contributed by atoms with Gasteiger partial charge in [-0.05, 0) is 26.8 Å². The molecule has 0 spiro atoms. The van der Waals surface area contributed by atoms with Crippen molar-refractivity contribution in [3.63, 3.8) is 0 Å². The summed E-state index contributed by atoms with van der Waals surface area (Å²) in [5.74, 6) is 1.55. The van der Waals surface area contributed by atoms with Gasteiger partial charge in [-0.25, -0.2) is 4.79 Å². The van der Waals surface area contributed by atoms with Crippen LogP contribution in [0.1, 0.15) is 18.9 Å². The molecule has 1 saturated heterocycles. The Morgan fingerprint density at radius 2 is 2.09 bits per heavy atom. The first-order valence-corrected chi connectivity index (χ1v) is 8.11. The number of nitrogens with two attached hydrogens (primary N) is 1. The van der Waals surface area contributed by atoms with E-state index in [1.54, 1.807) is 6.92 Å². The minimum Gasteiger partial charge on any atom is -0.464 e. The van der Waals surface area contributed by atoms with Crippen LogP contribution >= 0.6 is 0 Å². The second-order valence-electron chi connectivity index (χ2n) is 6.01. The van der Waals surface area contributed by atoms with Gasteiger partial charge in [-0.1, -0.05) is 0 Å². The number of aromatic nitrogens is 2. The van der Waals surface area contributed by atoms with E-state index in [1.807, 2.05) is 0 Å². The SMILES string of the molecule is CCOC(=O)C1CCc2c(nc(N)nc2N2CCN(C)CC2)N1. The molecule has 8 heteroatoms. The van der Waals surface area contributed by atoms with Crippen LogP contribution < -0.4 is 16.0 Å². The Labute approximate surface area is 136 Å². The van der Waals surface area contributed by atoms with Gasteiger partial charge in [0.15, 0.2) is 0 Å². The number of carbonyl (C=O) groups is 1. The van der Waals surface area contributed by atoms with Crippen molar-refractivity contribution in [3.8, 4) is 0 Å². The zero-order valence-corrected chi connectivity index (χ0v) is 13.7. The molecule has 1 unspecified atom stereocenters. The molecule has 3 heterocycles. The Morgan fingerprint density at radius 3 is 2.78 bits per heavy atom. The van der Waals surface area contributed by atoms with Gasteiger partial charge in [-0.3, -0.25) is 0 Å². The van der Waals surface area contributed by atoms with Gasteiger partial charge in [0.05, 0.1) is 6.61 Å². The van der Waals surface area contributed by atoms with Gasteiger partial charge < -0.3 is 25.6 Å². The lowest BCUT2D eigenvalue weighted by Crippen LogP contribution is -2.45. The fourth-order valence-corrected chi connectivity index (χ4v) is 3.06. The van der Waals surface area contributed by atoms with Crippen LogP contribution in [0.3, 0.4) is 0 Å². The molecular formula is C15H24N6O2. The molecule has 0 aromatic carbocycles. The third-order valence-corrected chi connectivity index (χ3v) is 4.37. The number of nitrogen functional groups attached to an aromatic ring is 1. The first kappa shape index (κ1) is 15.8. The average molecular weight is 320 g/mol. The summed E-state index contributed by atoms with van der Waals surface area (Å²) in [6, 6.07) is -0.364. The van der Waals surface area contributed by atoms with E-state index >= 15 is 0 Å². The fourth-order valence-electron chi connectivity index (χ4n) is 3.06. The first-order valence-electron chi connectivity index (χ1n) is 8.11. The highest BCUT2D eigenvalue weighted by molar-refractivity contribution is 5.81. The number of fused-ring (bicyclic) bond motifs is 1. The third-order valence-electron chi connectivity index (χ3n) is 4.37. The number of hydrogen-bond donors (Lipinski definition) is 2. The number of nitrogens with zero attached hydrogens (tertiary/aromatic N) is 4. The number of hydrogen-bond acceptors (Lipinski definition) is 8. The minimum atomic E-state index is -0.364. The molecule has 0 amide bonds. The predicted molar refractivity (Wildman–Crippen MR) is 88.5 cm³/mol. The van der Waals surface area contributed by atoms with Gasteiger partial charge >= 0.3 is 5.97 Å². The molecule has 2 aliphatic rings. The normalized spacial score (nSPS) is 21.5. The smallest absolute Gasteiger partial charge is 0.328 e. The molecule has 3 rings (SSSR count). The molecule has 23 heavy (non-hydrogen) atoms. The maximum atomic E-state index is 11.9. The number of rotatable bonds is 3. The van der Waals surface area contributed by atoms with Crippen LogP contribution in [0.4, 0.5) is 17.6 Å². The Morgan fingerprint density at radius 1 is 1.35 bits per heavy atom. The van der Waals surface area contributed by atoms with Crippen LogP contribution in [0.15, 0.2) is 0 Å². The maximum absolute atomic E-state index is 11.9. The summed E-state index contributed by atoms with van der Waals surface area (Å²) in [6.45, 7) is 6.01. The van der Waals surface area contributed by atoms with Crippen molar-refractivity contribution in [1.82, 2.24) is 14.9 Å². The lowest BCUT2D eigenvalue weighted by molar-refractivity contribution is -0.144. The van der Waals surface area contributed by atoms with E-state index in [-0.39, 0.29) is 18.0 Å². The van der Waals surface area contributed by atoms with Gasteiger partial charge in [0.2, 0.25) is 5.95 Å². The molecule has 1 aromatic heterocycles. The lowest BCUT2D eigenvalue weighted by Gasteiger charge is -2.35. The molecule has 1 aromatic rings. The number of ether oxygens (including phenoxy) is 1. The van der Waals surface area contributed by atoms with Gasteiger partial charge in [0.25, 0.3) is 0 Å². The van der Waals surface area contributed by atoms with E-state index in [4.69, 9.17) is 10.5 Å². The second-order valence-corrected chi connectivity index (χ2v) is 6.01. The van der Waals surface area contributed by atoms with Crippen molar-refractivity contribution in [2.45, 2.75) is 25.8 Å². The van der Waals surface area contributed by atoms with E-state index < -0.39 is 0 Å². The number of esters is 1. The number of anilines is 3. The van der Waals surface area contributed by atoms with Crippen LogP contribution in [0.25, 0.3) is 0 Å². The molecule has 0 radical (unpaired) electrons. The number of nitrogens with one attached hydrogen (secondary N) is 1. The summed E-state index contributed by atoms with van der Waals surface area (Å²) in [5, 5.41) is 3.17. The Kier molecular flexibility index (Phi) is 4.51. The standard InChI is InChI=1S/C15H24N6O2/c1-3-23-14(22)11-5-4-10-12(17-11)18-15(16)19-13(10)21-8-6-20(2)7-9-21/h11H,3-9H2,1-2H3,(H3,16,17,18,19). The van der Waals surface area contributed by atoms with Gasteiger partial charge in [-0.15, -0.1) is 0 Å². The Balaban J connectivity index is 1.83. The van der Waals surface area contributed by atoms with Crippen LogP contribution in [0, 0.1) is 0 Å². The van der Waals surface area contributed by atoms with Crippen LogP contribution in [-0.4, -0.2) is 66.7 Å². The molecular weight excluding hydrogens is 296 g/mol. The van der Waals surface area contributed by atoms with Gasteiger partial charge in [0.1, 0.15) is 17.7 Å². The van der Waals surface area contributed by atoms with Crippen molar-refractivity contribution in [2.75, 3.05) is 55.8 Å². The van der Waals surface area contributed by atoms with E-state index in [0.29, 0.717) is 18.8 Å². The molecule has 0 saturated carbocycles.